The number of para-hydroxylation sites is 1. The van der Waals surface area contributed by atoms with Crippen LogP contribution in [-0.4, -0.2) is 33.2 Å². The van der Waals surface area contributed by atoms with Crippen molar-refractivity contribution in [3.05, 3.63) is 48.0 Å². The van der Waals surface area contributed by atoms with Gasteiger partial charge in [0, 0.05) is 19.7 Å². The van der Waals surface area contributed by atoms with Crippen molar-refractivity contribution in [1.82, 2.24) is 5.32 Å². The topological polar surface area (TPSA) is 114 Å². The van der Waals surface area contributed by atoms with Crippen molar-refractivity contribution in [2.45, 2.75) is 37.6 Å². The summed E-state index contributed by atoms with van der Waals surface area (Å²) in [5.74, 6) is 0.726. The largest absolute Gasteiger partial charge is 0.454 e. The van der Waals surface area contributed by atoms with E-state index in [1.54, 1.807) is 12.1 Å². The Kier molecular flexibility index (Phi) is 8.72. The van der Waals surface area contributed by atoms with Crippen LogP contribution in [0.15, 0.2) is 47.4 Å². The van der Waals surface area contributed by atoms with Crippen molar-refractivity contribution in [3.8, 4) is 11.5 Å². The van der Waals surface area contributed by atoms with Crippen LogP contribution in [0.2, 0.25) is 0 Å². The molecule has 154 valence electrons. The molecule has 0 radical (unpaired) electrons. The maximum absolute atomic E-state index is 12.3. The maximum atomic E-state index is 12.3. The Morgan fingerprint density at radius 3 is 2.50 bits per heavy atom. The predicted molar refractivity (Wildman–Crippen MR) is 111 cm³/mol. The zero-order valence-corrected chi connectivity index (χ0v) is 17.0. The number of benzene rings is 2. The molecule has 0 amide bonds. The Hall–Kier alpha value is -2.13. The molecule has 28 heavy (non-hydrogen) atoms. The molecule has 0 saturated carbocycles. The van der Waals surface area contributed by atoms with Crippen LogP contribution in [0.1, 0.15) is 31.7 Å². The SMILES string of the molecule is CCCCNc1cc(CNCCCO)cc(S(N)(=O)=O)c1Oc1ccccc1. The molecule has 0 aliphatic heterocycles. The van der Waals surface area contributed by atoms with E-state index in [4.69, 9.17) is 15.0 Å². The second kappa shape index (κ2) is 11.0. The zero-order chi connectivity index (χ0) is 20.4. The number of aliphatic hydroxyl groups is 1. The van der Waals surface area contributed by atoms with Gasteiger partial charge in [0.05, 0.1) is 5.69 Å². The van der Waals surface area contributed by atoms with E-state index in [9.17, 15) is 8.42 Å². The number of sulfonamides is 1. The van der Waals surface area contributed by atoms with Crippen molar-refractivity contribution >= 4 is 15.7 Å². The Morgan fingerprint density at radius 2 is 1.86 bits per heavy atom. The first-order chi connectivity index (χ1) is 13.5. The molecule has 0 saturated heterocycles. The monoisotopic (exact) mass is 407 g/mol. The summed E-state index contributed by atoms with van der Waals surface area (Å²) in [7, 11) is -4.00. The van der Waals surface area contributed by atoms with Gasteiger partial charge in [-0.15, -0.1) is 0 Å². The van der Waals surface area contributed by atoms with Crippen LogP contribution >= 0.6 is 0 Å². The van der Waals surface area contributed by atoms with Gasteiger partial charge in [-0.05, 0) is 49.2 Å². The fraction of sp³-hybridized carbons (Fsp3) is 0.400. The lowest BCUT2D eigenvalue weighted by atomic mass is 10.1. The predicted octanol–water partition coefficient (Wildman–Crippen LogP) is 2.81. The molecule has 0 heterocycles. The van der Waals surface area contributed by atoms with Gasteiger partial charge < -0.3 is 20.5 Å². The van der Waals surface area contributed by atoms with E-state index in [-0.39, 0.29) is 17.3 Å². The quantitative estimate of drug-likeness (QED) is 0.402. The van der Waals surface area contributed by atoms with Crippen LogP contribution in [0.5, 0.6) is 11.5 Å². The van der Waals surface area contributed by atoms with E-state index in [1.807, 2.05) is 24.3 Å². The number of anilines is 1. The highest BCUT2D eigenvalue weighted by molar-refractivity contribution is 7.89. The summed E-state index contributed by atoms with van der Waals surface area (Å²) in [6, 6.07) is 12.4. The van der Waals surface area contributed by atoms with Gasteiger partial charge in [-0.1, -0.05) is 31.5 Å². The van der Waals surface area contributed by atoms with E-state index >= 15 is 0 Å². The molecule has 2 rings (SSSR count). The molecule has 0 atom stereocenters. The Bertz CT molecular complexity index is 842. The molecule has 0 aromatic heterocycles. The van der Waals surface area contributed by atoms with Crippen molar-refractivity contribution < 1.29 is 18.3 Å². The third-order valence-corrected chi connectivity index (χ3v) is 4.99. The molecule has 2 aromatic carbocycles. The fourth-order valence-electron chi connectivity index (χ4n) is 2.65. The van der Waals surface area contributed by atoms with E-state index in [0.717, 1.165) is 18.4 Å². The molecule has 0 aliphatic carbocycles. The minimum Gasteiger partial charge on any atom is -0.454 e. The lowest BCUT2D eigenvalue weighted by Gasteiger charge is -2.18. The van der Waals surface area contributed by atoms with Crippen molar-refractivity contribution in [1.29, 1.82) is 0 Å². The number of ether oxygens (including phenoxy) is 1. The lowest BCUT2D eigenvalue weighted by molar-refractivity contribution is 0.286. The number of primary sulfonamides is 1. The van der Waals surface area contributed by atoms with Crippen LogP contribution in [0.25, 0.3) is 0 Å². The van der Waals surface area contributed by atoms with Gasteiger partial charge in [0.2, 0.25) is 10.0 Å². The Labute approximate surface area is 167 Å². The normalized spacial score (nSPS) is 11.4. The van der Waals surface area contributed by atoms with Gasteiger partial charge in [0.1, 0.15) is 10.6 Å². The van der Waals surface area contributed by atoms with Gasteiger partial charge in [-0.2, -0.15) is 0 Å². The smallest absolute Gasteiger partial charge is 0.241 e. The molecule has 8 heteroatoms. The minimum absolute atomic E-state index is 0.0585. The molecule has 0 spiro atoms. The van der Waals surface area contributed by atoms with Gasteiger partial charge in [0.25, 0.3) is 0 Å². The number of aliphatic hydroxyl groups excluding tert-OH is 1. The first-order valence-electron chi connectivity index (χ1n) is 9.43. The summed E-state index contributed by atoms with van der Waals surface area (Å²) in [5.41, 5.74) is 1.35. The number of unbranched alkanes of at least 4 members (excludes halogenated alkanes) is 1. The second-order valence-electron chi connectivity index (χ2n) is 6.47. The molecular formula is C20H29N3O4S. The van der Waals surface area contributed by atoms with Gasteiger partial charge in [0.15, 0.2) is 5.75 Å². The molecule has 2 aromatic rings. The minimum atomic E-state index is -4.00. The Balaban J connectivity index is 2.42. The first kappa shape index (κ1) is 22.2. The first-order valence-corrected chi connectivity index (χ1v) is 11.0. The van der Waals surface area contributed by atoms with Crippen LogP contribution in [0.4, 0.5) is 5.69 Å². The fourth-order valence-corrected chi connectivity index (χ4v) is 3.38. The molecule has 0 unspecified atom stereocenters. The average molecular weight is 408 g/mol. The van der Waals surface area contributed by atoms with Crippen molar-refractivity contribution in [2.24, 2.45) is 5.14 Å². The van der Waals surface area contributed by atoms with E-state index < -0.39 is 10.0 Å². The zero-order valence-electron chi connectivity index (χ0n) is 16.1. The van der Waals surface area contributed by atoms with Crippen LogP contribution in [0.3, 0.4) is 0 Å². The third kappa shape index (κ3) is 6.79. The summed E-state index contributed by atoms with van der Waals surface area (Å²) < 4.78 is 30.5. The van der Waals surface area contributed by atoms with E-state index in [2.05, 4.69) is 17.6 Å². The molecule has 5 N–H and O–H groups in total. The highest BCUT2D eigenvalue weighted by Gasteiger charge is 2.21. The third-order valence-electron chi connectivity index (χ3n) is 4.07. The summed E-state index contributed by atoms with van der Waals surface area (Å²) in [6.45, 7) is 3.95. The molecule has 7 nitrogen and oxygen atoms in total. The van der Waals surface area contributed by atoms with E-state index in [1.165, 1.54) is 6.07 Å². The van der Waals surface area contributed by atoms with Gasteiger partial charge in [-0.25, -0.2) is 13.6 Å². The lowest BCUT2D eigenvalue weighted by Crippen LogP contribution is -2.18. The van der Waals surface area contributed by atoms with Crippen molar-refractivity contribution in [3.63, 3.8) is 0 Å². The highest BCUT2D eigenvalue weighted by atomic mass is 32.2. The second-order valence-corrected chi connectivity index (χ2v) is 7.99. The summed E-state index contributed by atoms with van der Waals surface area (Å²) in [6.07, 6.45) is 2.57. The molecular weight excluding hydrogens is 378 g/mol. The van der Waals surface area contributed by atoms with Crippen LogP contribution < -0.4 is 20.5 Å². The Morgan fingerprint density at radius 1 is 1.11 bits per heavy atom. The van der Waals surface area contributed by atoms with Crippen molar-refractivity contribution in [2.75, 3.05) is 25.0 Å². The highest BCUT2D eigenvalue weighted by Crippen LogP contribution is 2.37. The number of hydrogen-bond donors (Lipinski definition) is 4. The molecule has 0 aliphatic rings. The van der Waals surface area contributed by atoms with Gasteiger partial charge >= 0.3 is 0 Å². The van der Waals surface area contributed by atoms with Gasteiger partial charge in [-0.3, -0.25) is 0 Å². The number of rotatable bonds is 12. The van der Waals surface area contributed by atoms with E-state index in [0.29, 0.717) is 37.5 Å². The summed E-state index contributed by atoms with van der Waals surface area (Å²) in [4.78, 5) is -0.0585. The summed E-state index contributed by atoms with van der Waals surface area (Å²) in [5, 5.41) is 20.8. The van der Waals surface area contributed by atoms with Crippen LogP contribution in [-0.2, 0) is 16.6 Å². The number of hydrogen-bond acceptors (Lipinski definition) is 6. The maximum Gasteiger partial charge on any atom is 0.241 e. The molecule has 0 bridgehead atoms. The molecule has 0 fully saturated rings. The number of nitrogens with two attached hydrogens (primary N) is 1. The summed E-state index contributed by atoms with van der Waals surface area (Å²) >= 11 is 0. The number of nitrogens with one attached hydrogen (secondary N) is 2. The standard InChI is InChI=1S/C20H29N3O4S/c1-2-3-11-23-18-13-16(15-22-10-7-12-24)14-19(28(21,25)26)20(18)27-17-8-5-4-6-9-17/h4-6,8-9,13-14,22-24H,2-3,7,10-12,15H2,1H3,(H2,21,25,26). The average Bonchev–Trinajstić information content (AvgIpc) is 2.67. The van der Waals surface area contributed by atoms with Crippen LogP contribution in [0, 0.1) is 0 Å².